The van der Waals surface area contributed by atoms with Gasteiger partial charge in [-0.15, -0.1) is 16.4 Å². The second-order valence-electron chi connectivity index (χ2n) is 7.90. The molecule has 2 fully saturated rings. The molecular formula is C19H25N5OS2. The predicted molar refractivity (Wildman–Crippen MR) is 107 cm³/mol. The van der Waals surface area contributed by atoms with Crippen molar-refractivity contribution >= 4 is 28.8 Å². The van der Waals surface area contributed by atoms with E-state index in [1.165, 1.54) is 59.5 Å². The molecular weight excluding hydrogens is 378 g/mol. The molecule has 1 saturated carbocycles. The van der Waals surface area contributed by atoms with Crippen molar-refractivity contribution in [2.75, 3.05) is 26.2 Å². The smallest absolute Gasteiger partial charge is 0.275 e. The van der Waals surface area contributed by atoms with Crippen molar-refractivity contribution < 1.29 is 4.79 Å². The van der Waals surface area contributed by atoms with Crippen LogP contribution in [0.5, 0.6) is 0 Å². The van der Waals surface area contributed by atoms with Gasteiger partial charge in [0.1, 0.15) is 0 Å². The number of fused-ring (bicyclic) bond motifs is 1. The Kier molecular flexibility index (Phi) is 4.96. The number of hydrogen-bond acceptors (Lipinski definition) is 7. The first-order valence-corrected chi connectivity index (χ1v) is 11.7. The number of amides is 1. The molecule has 0 aromatic carbocycles. The van der Waals surface area contributed by atoms with Crippen LogP contribution in [0.1, 0.15) is 64.1 Å². The molecule has 2 aliphatic heterocycles. The van der Waals surface area contributed by atoms with E-state index in [0.29, 0.717) is 11.6 Å². The zero-order valence-electron chi connectivity index (χ0n) is 15.5. The highest BCUT2D eigenvalue weighted by Crippen LogP contribution is 2.35. The molecule has 5 rings (SSSR count). The summed E-state index contributed by atoms with van der Waals surface area (Å²) in [6.07, 6.45) is 8.47. The lowest BCUT2D eigenvalue weighted by Gasteiger charge is -2.36. The number of likely N-dealkylation sites (tertiary alicyclic amines) is 1. The van der Waals surface area contributed by atoms with Gasteiger partial charge in [0.2, 0.25) is 0 Å². The second-order valence-corrected chi connectivity index (χ2v) is 9.62. The molecule has 4 heterocycles. The molecule has 0 unspecified atom stereocenters. The standard InChI is InChI=1S/C19H25N5OS2/c25-19(16-12-26-22-21-16)24-8-4-13(5-9-24)18-20-15-6-10-23(14-2-1-3-14)11-7-17(15)27-18/h12-14H,1-11H2. The molecule has 2 aromatic rings. The lowest BCUT2D eigenvalue weighted by Crippen LogP contribution is -2.41. The summed E-state index contributed by atoms with van der Waals surface area (Å²) in [7, 11) is 0. The van der Waals surface area contributed by atoms with Crippen LogP contribution in [0.2, 0.25) is 0 Å². The predicted octanol–water partition coefficient (Wildman–Crippen LogP) is 2.97. The highest BCUT2D eigenvalue weighted by molar-refractivity contribution is 7.11. The number of hydrogen-bond donors (Lipinski definition) is 0. The number of carbonyl (C=O) groups is 1. The fourth-order valence-corrected chi connectivity index (χ4v) is 6.14. The molecule has 2 aromatic heterocycles. The Morgan fingerprint density at radius 1 is 1.07 bits per heavy atom. The highest BCUT2D eigenvalue weighted by Gasteiger charge is 2.30. The van der Waals surface area contributed by atoms with E-state index in [-0.39, 0.29) is 5.91 Å². The minimum absolute atomic E-state index is 0.0215. The van der Waals surface area contributed by atoms with Crippen LogP contribution >= 0.6 is 22.9 Å². The maximum absolute atomic E-state index is 12.4. The van der Waals surface area contributed by atoms with Crippen LogP contribution in [0.15, 0.2) is 5.38 Å². The van der Waals surface area contributed by atoms with E-state index in [4.69, 9.17) is 4.98 Å². The third-order valence-electron chi connectivity index (χ3n) is 6.36. The lowest BCUT2D eigenvalue weighted by atomic mass is 9.91. The molecule has 27 heavy (non-hydrogen) atoms. The van der Waals surface area contributed by atoms with Crippen LogP contribution in [0, 0.1) is 0 Å². The van der Waals surface area contributed by atoms with Crippen LogP contribution in [0.3, 0.4) is 0 Å². The minimum Gasteiger partial charge on any atom is -0.337 e. The first-order chi connectivity index (χ1) is 13.3. The minimum atomic E-state index is 0.0215. The Bertz CT molecular complexity index is 768. The number of aromatic nitrogens is 3. The van der Waals surface area contributed by atoms with Crippen LogP contribution < -0.4 is 0 Å². The number of thiazole rings is 1. The molecule has 144 valence electrons. The molecule has 0 spiro atoms. The molecule has 0 bridgehead atoms. The largest absolute Gasteiger partial charge is 0.337 e. The van der Waals surface area contributed by atoms with Gasteiger partial charge in [0.25, 0.3) is 5.91 Å². The third-order valence-corrected chi connectivity index (χ3v) is 8.18. The number of carbonyl (C=O) groups excluding carboxylic acids is 1. The van der Waals surface area contributed by atoms with E-state index in [1.54, 1.807) is 5.38 Å². The van der Waals surface area contributed by atoms with Crippen molar-refractivity contribution in [3.8, 4) is 0 Å². The zero-order chi connectivity index (χ0) is 18.2. The van der Waals surface area contributed by atoms with Gasteiger partial charge in [-0.05, 0) is 43.6 Å². The average Bonchev–Trinajstić information content (AvgIpc) is 3.29. The van der Waals surface area contributed by atoms with E-state index in [9.17, 15) is 4.79 Å². The van der Waals surface area contributed by atoms with Crippen LogP contribution in [0.25, 0.3) is 0 Å². The van der Waals surface area contributed by atoms with Gasteiger partial charge in [-0.2, -0.15) is 0 Å². The highest BCUT2D eigenvalue weighted by atomic mass is 32.1. The van der Waals surface area contributed by atoms with Crippen molar-refractivity contribution in [2.24, 2.45) is 0 Å². The fourth-order valence-electron chi connectivity index (χ4n) is 4.44. The van der Waals surface area contributed by atoms with E-state index >= 15 is 0 Å². The summed E-state index contributed by atoms with van der Waals surface area (Å²) in [5.41, 5.74) is 1.83. The summed E-state index contributed by atoms with van der Waals surface area (Å²) in [6.45, 7) is 3.96. The van der Waals surface area contributed by atoms with E-state index in [1.807, 2.05) is 16.2 Å². The quantitative estimate of drug-likeness (QED) is 0.788. The summed E-state index contributed by atoms with van der Waals surface area (Å²) >= 11 is 3.17. The van der Waals surface area contributed by atoms with Gasteiger partial charge in [0, 0.05) is 54.8 Å². The van der Waals surface area contributed by atoms with Crippen molar-refractivity contribution in [3.05, 3.63) is 26.7 Å². The summed E-state index contributed by atoms with van der Waals surface area (Å²) in [4.78, 5) is 23.6. The maximum atomic E-state index is 12.4. The molecule has 8 heteroatoms. The van der Waals surface area contributed by atoms with Crippen LogP contribution in [-0.4, -0.2) is 62.5 Å². The Morgan fingerprint density at radius 3 is 2.59 bits per heavy atom. The number of rotatable bonds is 3. The fraction of sp³-hybridized carbons (Fsp3) is 0.684. The van der Waals surface area contributed by atoms with E-state index in [0.717, 1.165) is 44.8 Å². The first-order valence-electron chi connectivity index (χ1n) is 10.1. The van der Waals surface area contributed by atoms with Gasteiger partial charge in [-0.1, -0.05) is 10.9 Å². The van der Waals surface area contributed by atoms with Crippen LogP contribution in [-0.2, 0) is 12.8 Å². The van der Waals surface area contributed by atoms with Gasteiger partial charge in [-0.3, -0.25) is 9.69 Å². The maximum Gasteiger partial charge on any atom is 0.275 e. The zero-order valence-corrected chi connectivity index (χ0v) is 17.1. The first kappa shape index (κ1) is 17.7. The Balaban J connectivity index is 1.20. The van der Waals surface area contributed by atoms with Gasteiger partial charge in [0.05, 0.1) is 10.7 Å². The summed E-state index contributed by atoms with van der Waals surface area (Å²) in [5.74, 6) is 0.524. The van der Waals surface area contributed by atoms with Crippen molar-refractivity contribution in [3.63, 3.8) is 0 Å². The Labute approximate surface area is 167 Å². The van der Waals surface area contributed by atoms with E-state index < -0.39 is 0 Å². The monoisotopic (exact) mass is 403 g/mol. The summed E-state index contributed by atoms with van der Waals surface area (Å²) in [6, 6.07) is 0.841. The van der Waals surface area contributed by atoms with E-state index in [2.05, 4.69) is 14.5 Å². The van der Waals surface area contributed by atoms with Crippen molar-refractivity contribution in [2.45, 2.75) is 56.9 Å². The molecule has 0 N–H and O–H groups in total. The molecule has 1 aliphatic carbocycles. The van der Waals surface area contributed by atoms with Gasteiger partial charge >= 0.3 is 0 Å². The molecule has 6 nitrogen and oxygen atoms in total. The number of nitrogens with zero attached hydrogens (tertiary/aromatic N) is 5. The Morgan fingerprint density at radius 2 is 1.89 bits per heavy atom. The normalized spacial score (nSPS) is 22.3. The lowest BCUT2D eigenvalue weighted by molar-refractivity contribution is 0.0707. The summed E-state index contributed by atoms with van der Waals surface area (Å²) in [5, 5.41) is 6.95. The third kappa shape index (κ3) is 3.54. The molecule has 1 amide bonds. The van der Waals surface area contributed by atoms with Gasteiger partial charge in [0.15, 0.2) is 5.69 Å². The number of piperidine rings is 1. The van der Waals surface area contributed by atoms with Crippen LogP contribution in [0.4, 0.5) is 0 Å². The van der Waals surface area contributed by atoms with Crippen molar-refractivity contribution in [1.82, 2.24) is 24.4 Å². The molecule has 1 saturated heterocycles. The summed E-state index contributed by atoms with van der Waals surface area (Å²) < 4.78 is 3.80. The SMILES string of the molecule is O=C(c1csnn1)N1CCC(c2nc3c(s2)CCN(C2CCC2)CC3)CC1. The average molecular weight is 404 g/mol. The van der Waals surface area contributed by atoms with Gasteiger partial charge < -0.3 is 4.90 Å². The molecule has 0 radical (unpaired) electrons. The second kappa shape index (κ2) is 7.56. The topological polar surface area (TPSA) is 62.2 Å². The Hall–Kier alpha value is -1.38. The van der Waals surface area contributed by atoms with Gasteiger partial charge in [-0.25, -0.2) is 4.98 Å². The molecule has 0 atom stereocenters. The molecule has 3 aliphatic rings. The van der Waals surface area contributed by atoms with Crippen molar-refractivity contribution in [1.29, 1.82) is 0 Å².